The molecule has 1 saturated heterocycles. The zero-order chi connectivity index (χ0) is 10.6. The molecule has 1 unspecified atom stereocenters. The lowest BCUT2D eigenvalue weighted by molar-refractivity contribution is 0.266. The standard InChI is InChI=1S/C8H19N3O2S/c1-2-6-11(14(9,12)13)8-4-3-5-10-7-8/h8,10H,2-7H2,1H3,(H2,9,12,13). The molecule has 0 radical (unpaired) electrons. The molecule has 84 valence electrons. The van der Waals surface area contributed by atoms with Crippen LogP contribution in [-0.2, 0) is 10.2 Å². The number of nitrogens with two attached hydrogens (primary N) is 1. The first kappa shape index (κ1) is 11.9. The Morgan fingerprint density at radius 3 is 2.71 bits per heavy atom. The second-order valence-corrected chi connectivity index (χ2v) is 5.15. The van der Waals surface area contributed by atoms with E-state index in [0.29, 0.717) is 6.54 Å². The first-order chi connectivity index (χ1) is 6.55. The van der Waals surface area contributed by atoms with Crippen LogP contribution in [0.5, 0.6) is 0 Å². The summed E-state index contributed by atoms with van der Waals surface area (Å²) < 4.78 is 24.0. The Labute approximate surface area is 85.8 Å². The van der Waals surface area contributed by atoms with E-state index in [0.717, 1.165) is 32.4 Å². The van der Waals surface area contributed by atoms with Crippen LogP contribution in [0.15, 0.2) is 0 Å². The van der Waals surface area contributed by atoms with Gasteiger partial charge in [0.1, 0.15) is 0 Å². The average molecular weight is 221 g/mol. The molecule has 0 bridgehead atoms. The summed E-state index contributed by atoms with van der Waals surface area (Å²) in [5.41, 5.74) is 0. The molecule has 0 aliphatic carbocycles. The molecule has 6 heteroatoms. The van der Waals surface area contributed by atoms with E-state index in [4.69, 9.17) is 5.14 Å². The third kappa shape index (κ3) is 3.20. The average Bonchev–Trinajstić information content (AvgIpc) is 2.14. The van der Waals surface area contributed by atoms with E-state index < -0.39 is 10.2 Å². The van der Waals surface area contributed by atoms with Crippen LogP contribution in [-0.4, -0.2) is 38.4 Å². The first-order valence-corrected chi connectivity index (χ1v) is 6.56. The van der Waals surface area contributed by atoms with Gasteiger partial charge in [-0.1, -0.05) is 6.92 Å². The predicted octanol–water partition coefficient (Wildman–Crippen LogP) is -0.346. The summed E-state index contributed by atoms with van der Waals surface area (Å²) >= 11 is 0. The zero-order valence-corrected chi connectivity index (χ0v) is 9.39. The van der Waals surface area contributed by atoms with Crippen molar-refractivity contribution in [3.05, 3.63) is 0 Å². The van der Waals surface area contributed by atoms with Crippen molar-refractivity contribution in [2.45, 2.75) is 32.2 Å². The van der Waals surface area contributed by atoms with E-state index in [1.807, 2.05) is 6.92 Å². The van der Waals surface area contributed by atoms with Crippen LogP contribution in [0, 0.1) is 0 Å². The van der Waals surface area contributed by atoms with Gasteiger partial charge in [-0.2, -0.15) is 12.7 Å². The lowest BCUT2D eigenvalue weighted by Crippen LogP contribution is -2.51. The third-order valence-corrected chi connectivity index (χ3v) is 3.58. The molecule has 5 nitrogen and oxygen atoms in total. The monoisotopic (exact) mass is 221 g/mol. The van der Waals surface area contributed by atoms with Gasteiger partial charge in [0.05, 0.1) is 0 Å². The molecule has 1 aliphatic heterocycles. The van der Waals surface area contributed by atoms with E-state index in [1.54, 1.807) is 0 Å². The Balaban J connectivity index is 2.66. The molecule has 0 saturated carbocycles. The normalized spacial score (nSPS) is 24.1. The second-order valence-electron chi connectivity index (χ2n) is 3.66. The lowest BCUT2D eigenvalue weighted by Gasteiger charge is -2.32. The van der Waals surface area contributed by atoms with Crippen molar-refractivity contribution in [2.75, 3.05) is 19.6 Å². The maximum absolute atomic E-state index is 11.3. The molecule has 1 fully saturated rings. The first-order valence-electron chi connectivity index (χ1n) is 5.06. The highest BCUT2D eigenvalue weighted by molar-refractivity contribution is 7.86. The van der Waals surface area contributed by atoms with Crippen LogP contribution in [0.4, 0.5) is 0 Å². The van der Waals surface area contributed by atoms with E-state index >= 15 is 0 Å². The molecular formula is C8H19N3O2S. The van der Waals surface area contributed by atoms with Gasteiger partial charge in [0.2, 0.25) is 0 Å². The van der Waals surface area contributed by atoms with E-state index in [1.165, 1.54) is 4.31 Å². The zero-order valence-electron chi connectivity index (χ0n) is 8.57. The summed E-state index contributed by atoms with van der Waals surface area (Å²) in [5.74, 6) is 0. The quantitative estimate of drug-likeness (QED) is 0.681. The Bertz CT molecular complexity index is 260. The minimum atomic E-state index is -3.53. The summed E-state index contributed by atoms with van der Waals surface area (Å²) in [6, 6.07) is 0.0405. The van der Waals surface area contributed by atoms with Crippen LogP contribution in [0.2, 0.25) is 0 Å². The number of nitrogens with zero attached hydrogens (tertiary/aromatic N) is 1. The molecule has 14 heavy (non-hydrogen) atoms. The number of nitrogens with one attached hydrogen (secondary N) is 1. The van der Waals surface area contributed by atoms with E-state index in [2.05, 4.69) is 5.32 Å². The Kier molecular flexibility index (Phi) is 4.31. The summed E-state index contributed by atoms with van der Waals surface area (Å²) in [4.78, 5) is 0. The van der Waals surface area contributed by atoms with Crippen LogP contribution < -0.4 is 10.5 Å². The lowest BCUT2D eigenvalue weighted by atomic mass is 10.1. The third-order valence-electron chi connectivity index (χ3n) is 2.45. The smallest absolute Gasteiger partial charge is 0.277 e. The molecule has 1 aliphatic rings. The van der Waals surface area contributed by atoms with Crippen molar-refractivity contribution in [1.29, 1.82) is 0 Å². The number of hydrogen-bond acceptors (Lipinski definition) is 3. The fraction of sp³-hybridized carbons (Fsp3) is 1.00. The maximum atomic E-state index is 11.3. The number of piperidine rings is 1. The largest absolute Gasteiger partial charge is 0.315 e. The van der Waals surface area contributed by atoms with Gasteiger partial charge < -0.3 is 5.32 Å². The van der Waals surface area contributed by atoms with Crippen molar-refractivity contribution in [3.8, 4) is 0 Å². The molecule has 0 spiro atoms. The van der Waals surface area contributed by atoms with Crippen LogP contribution in [0.3, 0.4) is 0 Å². The molecule has 1 rings (SSSR count). The highest BCUT2D eigenvalue weighted by Gasteiger charge is 2.27. The Hall–Kier alpha value is -0.170. The summed E-state index contributed by atoms with van der Waals surface area (Å²) in [6.45, 7) is 4.16. The minimum absolute atomic E-state index is 0.0405. The molecule has 0 amide bonds. The second kappa shape index (κ2) is 5.06. The van der Waals surface area contributed by atoms with Crippen molar-refractivity contribution in [2.24, 2.45) is 5.14 Å². The maximum Gasteiger partial charge on any atom is 0.277 e. The van der Waals surface area contributed by atoms with Gasteiger partial charge in [-0.3, -0.25) is 0 Å². The molecule has 1 atom stereocenters. The van der Waals surface area contributed by atoms with Gasteiger partial charge >= 0.3 is 0 Å². The molecule has 0 aromatic rings. The van der Waals surface area contributed by atoms with Gasteiger partial charge in [0.15, 0.2) is 0 Å². The van der Waals surface area contributed by atoms with Crippen LogP contribution in [0.25, 0.3) is 0 Å². The fourth-order valence-electron chi connectivity index (χ4n) is 1.82. The van der Waals surface area contributed by atoms with Crippen molar-refractivity contribution >= 4 is 10.2 Å². The highest BCUT2D eigenvalue weighted by atomic mass is 32.2. The fourth-order valence-corrected chi connectivity index (χ4v) is 2.85. The van der Waals surface area contributed by atoms with Gasteiger partial charge in [0.25, 0.3) is 10.2 Å². The Morgan fingerprint density at radius 2 is 2.29 bits per heavy atom. The topological polar surface area (TPSA) is 75.4 Å². The van der Waals surface area contributed by atoms with Crippen molar-refractivity contribution in [1.82, 2.24) is 9.62 Å². The molecule has 3 N–H and O–H groups in total. The van der Waals surface area contributed by atoms with Crippen LogP contribution in [0.1, 0.15) is 26.2 Å². The van der Waals surface area contributed by atoms with Gasteiger partial charge in [-0.15, -0.1) is 0 Å². The van der Waals surface area contributed by atoms with E-state index in [9.17, 15) is 8.42 Å². The predicted molar refractivity (Wildman–Crippen MR) is 56.0 cm³/mol. The molecule has 0 aromatic carbocycles. The van der Waals surface area contributed by atoms with Gasteiger partial charge in [-0.05, 0) is 25.8 Å². The SMILES string of the molecule is CCCN(C1CCCNC1)S(N)(=O)=O. The number of rotatable bonds is 4. The van der Waals surface area contributed by atoms with E-state index in [-0.39, 0.29) is 6.04 Å². The van der Waals surface area contributed by atoms with Crippen molar-refractivity contribution in [3.63, 3.8) is 0 Å². The minimum Gasteiger partial charge on any atom is -0.315 e. The summed E-state index contributed by atoms with van der Waals surface area (Å²) in [7, 11) is -3.53. The van der Waals surface area contributed by atoms with Crippen molar-refractivity contribution < 1.29 is 8.42 Å². The highest BCUT2D eigenvalue weighted by Crippen LogP contribution is 2.12. The Morgan fingerprint density at radius 1 is 1.57 bits per heavy atom. The van der Waals surface area contributed by atoms with Gasteiger partial charge in [-0.25, -0.2) is 5.14 Å². The van der Waals surface area contributed by atoms with Crippen LogP contribution >= 0.6 is 0 Å². The summed E-state index contributed by atoms with van der Waals surface area (Å²) in [6.07, 6.45) is 2.72. The van der Waals surface area contributed by atoms with Gasteiger partial charge in [0, 0.05) is 19.1 Å². The number of hydrogen-bond donors (Lipinski definition) is 2. The summed E-state index contributed by atoms with van der Waals surface area (Å²) in [5, 5.41) is 8.35. The molecular weight excluding hydrogens is 202 g/mol. The molecule has 0 aromatic heterocycles. The molecule has 1 heterocycles.